The summed E-state index contributed by atoms with van der Waals surface area (Å²) in [6, 6.07) is 15.8. The lowest BCUT2D eigenvalue weighted by Crippen LogP contribution is -2.33. The molecule has 0 fully saturated rings. The second kappa shape index (κ2) is 5.17. The fraction of sp³-hybridized carbons (Fsp3) is 0.188. The molecule has 0 aliphatic heterocycles. The van der Waals surface area contributed by atoms with Crippen molar-refractivity contribution in [3.05, 3.63) is 69.7 Å². The van der Waals surface area contributed by atoms with Gasteiger partial charge in [-0.1, -0.05) is 40.2 Å². The van der Waals surface area contributed by atoms with Crippen molar-refractivity contribution < 1.29 is 4.79 Å². The smallest absolute Gasteiger partial charge is 0.251 e. The van der Waals surface area contributed by atoms with Crippen molar-refractivity contribution in [2.45, 2.75) is 12.3 Å². The van der Waals surface area contributed by atoms with Gasteiger partial charge in [0.25, 0.3) is 5.91 Å². The van der Waals surface area contributed by atoms with Gasteiger partial charge in [0.2, 0.25) is 0 Å². The molecule has 96 valence electrons. The van der Waals surface area contributed by atoms with E-state index in [1.54, 1.807) is 0 Å². The highest BCUT2D eigenvalue weighted by molar-refractivity contribution is 9.10. The molecule has 1 unspecified atom stereocenters. The monoisotopic (exact) mass is 315 g/mol. The third-order valence-electron chi connectivity index (χ3n) is 3.58. The lowest BCUT2D eigenvalue weighted by molar-refractivity contribution is 0.0950. The number of fused-ring (bicyclic) bond motifs is 1. The summed E-state index contributed by atoms with van der Waals surface area (Å²) < 4.78 is 0.983. The standard InChI is InChI=1S/C16H14BrNO/c17-14-7-5-11(6-8-14)16(19)18-10-13-9-12-3-1-2-4-15(12)13/h1-8,13H,9-10H2,(H,18,19). The van der Waals surface area contributed by atoms with Gasteiger partial charge in [0.15, 0.2) is 0 Å². The quantitative estimate of drug-likeness (QED) is 0.922. The molecule has 0 saturated carbocycles. The van der Waals surface area contributed by atoms with Gasteiger partial charge in [0, 0.05) is 22.5 Å². The number of halogens is 1. The number of rotatable bonds is 3. The van der Waals surface area contributed by atoms with Crippen LogP contribution in [0, 0.1) is 0 Å². The van der Waals surface area contributed by atoms with Crippen LogP contribution in [0.4, 0.5) is 0 Å². The lowest BCUT2D eigenvalue weighted by Gasteiger charge is -2.30. The predicted octanol–water partition coefficient (Wildman–Crippen LogP) is 3.52. The Labute approximate surface area is 121 Å². The molecule has 19 heavy (non-hydrogen) atoms. The predicted molar refractivity (Wildman–Crippen MR) is 79.4 cm³/mol. The zero-order chi connectivity index (χ0) is 13.2. The first kappa shape index (κ1) is 12.4. The minimum absolute atomic E-state index is 0.00289. The lowest BCUT2D eigenvalue weighted by atomic mass is 9.77. The normalized spacial score (nSPS) is 16.4. The minimum atomic E-state index is -0.00289. The molecule has 2 aromatic rings. The Hall–Kier alpha value is -1.61. The Morgan fingerprint density at radius 1 is 1.16 bits per heavy atom. The molecule has 0 heterocycles. The molecule has 2 nitrogen and oxygen atoms in total. The molecule has 3 heteroatoms. The maximum atomic E-state index is 12.0. The van der Waals surface area contributed by atoms with Gasteiger partial charge in [-0.2, -0.15) is 0 Å². The van der Waals surface area contributed by atoms with E-state index in [1.165, 1.54) is 11.1 Å². The largest absolute Gasteiger partial charge is 0.351 e. The maximum absolute atomic E-state index is 12.0. The van der Waals surface area contributed by atoms with Crippen molar-refractivity contribution in [3.63, 3.8) is 0 Å². The van der Waals surface area contributed by atoms with Crippen LogP contribution in [-0.2, 0) is 6.42 Å². The van der Waals surface area contributed by atoms with Crippen molar-refractivity contribution in [3.8, 4) is 0 Å². The van der Waals surface area contributed by atoms with E-state index in [4.69, 9.17) is 0 Å². The van der Waals surface area contributed by atoms with Crippen LogP contribution in [0.5, 0.6) is 0 Å². The van der Waals surface area contributed by atoms with E-state index >= 15 is 0 Å². The van der Waals surface area contributed by atoms with Gasteiger partial charge in [0.1, 0.15) is 0 Å². The molecule has 0 aromatic heterocycles. The SMILES string of the molecule is O=C(NCC1Cc2ccccc21)c1ccc(Br)cc1. The molecule has 1 atom stereocenters. The summed E-state index contributed by atoms with van der Waals surface area (Å²) >= 11 is 3.36. The van der Waals surface area contributed by atoms with E-state index in [1.807, 2.05) is 24.3 Å². The second-order valence-electron chi connectivity index (χ2n) is 4.82. The van der Waals surface area contributed by atoms with E-state index in [9.17, 15) is 4.79 Å². The average Bonchev–Trinajstić information content (AvgIpc) is 2.40. The van der Waals surface area contributed by atoms with Crippen LogP contribution >= 0.6 is 15.9 Å². The van der Waals surface area contributed by atoms with E-state index in [2.05, 4.69) is 45.5 Å². The molecule has 1 N–H and O–H groups in total. The van der Waals surface area contributed by atoms with Crippen LogP contribution < -0.4 is 5.32 Å². The highest BCUT2D eigenvalue weighted by atomic mass is 79.9. The Bertz CT molecular complexity index is 606. The molecule has 1 amide bonds. The maximum Gasteiger partial charge on any atom is 0.251 e. The fourth-order valence-electron chi connectivity index (χ4n) is 2.46. The Morgan fingerprint density at radius 3 is 2.63 bits per heavy atom. The van der Waals surface area contributed by atoms with E-state index in [0.717, 1.165) is 10.9 Å². The van der Waals surface area contributed by atoms with Crippen LogP contribution in [0.1, 0.15) is 27.4 Å². The number of carbonyl (C=O) groups excluding carboxylic acids is 1. The molecular formula is C16H14BrNO. The summed E-state index contributed by atoms with van der Waals surface area (Å²) in [5.74, 6) is 0.465. The Kier molecular flexibility index (Phi) is 3.38. The van der Waals surface area contributed by atoms with E-state index < -0.39 is 0 Å². The van der Waals surface area contributed by atoms with Crippen LogP contribution in [0.15, 0.2) is 53.0 Å². The summed E-state index contributed by atoms with van der Waals surface area (Å²) in [7, 11) is 0. The number of amides is 1. The average molecular weight is 316 g/mol. The van der Waals surface area contributed by atoms with Gasteiger partial charge >= 0.3 is 0 Å². The van der Waals surface area contributed by atoms with Crippen molar-refractivity contribution in [2.24, 2.45) is 0 Å². The first-order valence-electron chi connectivity index (χ1n) is 6.35. The number of nitrogens with one attached hydrogen (secondary N) is 1. The summed E-state index contributed by atoms with van der Waals surface area (Å²) in [5.41, 5.74) is 3.49. The molecule has 2 aromatic carbocycles. The van der Waals surface area contributed by atoms with Crippen molar-refractivity contribution in [1.82, 2.24) is 5.32 Å². The Morgan fingerprint density at radius 2 is 1.89 bits per heavy atom. The molecular weight excluding hydrogens is 302 g/mol. The van der Waals surface area contributed by atoms with Gasteiger partial charge in [-0.05, 0) is 41.8 Å². The van der Waals surface area contributed by atoms with Gasteiger partial charge in [-0.15, -0.1) is 0 Å². The first-order chi connectivity index (χ1) is 9.24. The molecule has 0 bridgehead atoms. The zero-order valence-corrected chi connectivity index (χ0v) is 12.0. The number of hydrogen-bond donors (Lipinski definition) is 1. The third-order valence-corrected chi connectivity index (χ3v) is 4.11. The zero-order valence-electron chi connectivity index (χ0n) is 10.4. The number of carbonyl (C=O) groups is 1. The van der Waals surface area contributed by atoms with Gasteiger partial charge in [-0.25, -0.2) is 0 Å². The molecule has 1 aliphatic carbocycles. The minimum Gasteiger partial charge on any atom is -0.351 e. The van der Waals surface area contributed by atoms with Gasteiger partial charge < -0.3 is 5.32 Å². The topological polar surface area (TPSA) is 29.1 Å². The molecule has 0 spiro atoms. The molecule has 0 radical (unpaired) electrons. The second-order valence-corrected chi connectivity index (χ2v) is 5.73. The molecule has 1 aliphatic rings. The van der Waals surface area contributed by atoms with Gasteiger partial charge in [0.05, 0.1) is 0 Å². The first-order valence-corrected chi connectivity index (χ1v) is 7.15. The fourth-order valence-corrected chi connectivity index (χ4v) is 2.73. The highest BCUT2D eigenvalue weighted by Gasteiger charge is 2.25. The molecule has 3 rings (SSSR count). The number of hydrogen-bond acceptors (Lipinski definition) is 1. The van der Waals surface area contributed by atoms with Gasteiger partial charge in [-0.3, -0.25) is 4.79 Å². The number of benzene rings is 2. The van der Waals surface area contributed by atoms with Crippen molar-refractivity contribution >= 4 is 21.8 Å². The summed E-state index contributed by atoms with van der Waals surface area (Å²) in [6.07, 6.45) is 1.07. The summed E-state index contributed by atoms with van der Waals surface area (Å²) in [5, 5.41) is 3.01. The van der Waals surface area contributed by atoms with Crippen LogP contribution in [0.3, 0.4) is 0 Å². The van der Waals surface area contributed by atoms with Crippen LogP contribution in [0.25, 0.3) is 0 Å². The van der Waals surface area contributed by atoms with Crippen molar-refractivity contribution in [1.29, 1.82) is 0 Å². The summed E-state index contributed by atoms with van der Waals surface area (Å²) in [4.78, 5) is 12.0. The van der Waals surface area contributed by atoms with E-state index in [-0.39, 0.29) is 5.91 Å². The van der Waals surface area contributed by atoms with Crippen molar-refractivity contribution in [2.75, 3.05) is 6.54 Å². The third kappa shape index (κ3) is 2.56. The Balaban J connectivity index is 1.59. The molecule has 0 saturated heterocycles. The van der Waals surface area contributed by atoms with E-state index in [0.29, 0.717) is 18.0 Å². The highest BCUT2D eigenvalue weighted by Crippen LogP contribution is 2.33. The summed E-state index contributed by atoms with van der Waals surface area (Å²) in [6.45, 7) is 0.714. The van der Waals surface area contributed by atoms with Crippen LogP contribution in [-0.4, -0.2) is 12.5 Å². The van der Waals surface area contributed by atoms with Crippen LogP contribution in [0.2, 0.25) is 0 Å².